The van der Waals surface area contributed by atoms with Gasteiger partial charge in [0, 0.05) is 12.0 Å². The Kier molecular flexibility index (Phi) is 5.46. The Morgan fingerprint density at radius 1 is 1.04 bits per heavy atom. The van der Waals surface area contributed by atoms with Crippen LogP contribution in [0.3, 0.4) is 0 Å². The van der Waals surface area contributed by atoms with Crippen LogP contribution in [-0.2, 0) is 6.42 Å². The van der Waals surface area contributed by atoms with Gasteiger partial charge in [0.25, 0.3) is 0 Å². The molecule has 2 heteroatoms. The Morgan fingerprint density at radius 3 is 2.40 bits per heavy atom. The SMILES string of the molecule is Cc1c(C)c2c(c(C)c1O)CC[C@@](C)(C/C=C/C1CCCCCC1)O2. The van der Waals surface area contributed by atoms with Crippen LogP contribution in [0.4, 0.5) is 0 Å². The number of ether oxygens (including phenoxy) is 1. The minimum Gasteiger partial charge on any atom is -0.507 e. The zero-order valence-electron chi connectivity index (χ0n) is 16.5. The van der Waals surface area contributed by atoms with E-state index >= 15 is 0 Å². The molecule has 0 amide bonds. The predicted octanol–water partition coefficient (Wildman–Crippen LogP) is 6.32. The van der Waals surface area contributed by atoms with Crippen molar-refractivity contribution >= 4 is 0 Å². The molecule has 0 unspecified atom stereocenters. The minimum atomic E-state index is -0.130. The summed E-state index contributed by atoms with van der Waals surface area (Å²) in [4.78, 5) is 0. The van der Waals surface area contributed by atoms with Crippen molar-refractivity contribution in [1.82, 2.24) is 0 Å². The number of hydrogen-bond donors (Lipinski definition) is 1. The summed E-state index contributed by atoms with van der Waals surface area (Å²) in [5.41, 5.74) is 4.11. The Hall–Kier alpha value is -1.44. The van der Waals surface area contributed by atoms with Crippen molar-refractivity contribution in [2.24, 2.45) is 5.92 Å². The number of benzene rings is 1. The van der Waals surface area contributed by atoms with Crippen LogP contribution in [0.2, 0.25) is 0 Å². The molecule has 2 aliphatic rings. The lowest BCUT2D eigenvalue weighted by molar-refractivity contribution is 0.0665. The van der Waals surface area contributed by atoms with Gasteiger partial charge < -0.3 is 9.84 Å². The van der Waals surface area contributed by atoms with Gasteiger partial charge in [0.05, 0.1) is 0 Å². The van der Waals surface area contributed by atoms with Crippen molar-refractivity contribution in [3.63, 3.8) is 0 Å². The molecule has 3 rings (SSSR count). The molecule has 0 aromatic heterocycles. The Bertz CT molecular complexity index is 651. The highest BCUT2D eigenvalue weighted by atomic mass is 16.5. The number of rotatable bonds is 3. The van der Waals surface area contributed by atoms with Gasteiger partial charge in [-0.05, 0) is 76.0 Å². The maximum atomic E-state index is 10.3. The second-order valence-electron chi connectivity index (χ2n) is 8.47. The van der Waals surface area contributed by atoms with Crippen LogP contribution in [-0.4, -0.2) is 10.7 Å². The highest BCUT2D eigenvalue weighted by Crippen LogP contribution is 2.44. The summed E-state index contributed by atoms with van der Waals surface area (Å²) in [5, 5.41) is 10.3. The maximum absolute atomic E-state index is 10.3. The van der Waals surface area contributed by atoms with Crippen LogP contribution in [0, 0.1) is 26.7 Å². The number of phenolic OH excluding ortho intramolecular Hbond substituents is 1. The van der Waals surface area contributed by atoms with Gasteiger partial charge in [0.1, 0.15) is 17.1 Å². The molecule has 1 aliphatic heterocycles. The third kappa shape index (κ3) is 3.88. The third-order valence-corrected chi connectivity index (χ3v) is 6.45. The fourth-order valence-electron chi connectivity index (χ4n) is 4.45. The second-order valence-corrected chi connectivity index (χ2v) is 8.47. The number of phenols is 1. The standard InChI is InChI=1S/C23H34O2/c1-16-17(2)22-20(18(3)21(16)24)13-15-23(4,25-22)14-9-12-19-10-7-5-6-8-11-19/h9,12,19,24H,5-8,10-11,13-15H2,1-4H3/b12-9+/t23-/m1/s1. The number of hydrogen-bond acceptors (Lipinski definition) is 2. The van der Waals surface area contributed by atoms with Gasteiger partial charge in [-0.15, -0.1) is 0 Å². The first-order valence-electron chi connectivity index (χ1n) is 10.1. The maximum Gasteiger partial charge on any atom is 0.127 e. The normalized spacial score (nSPS) is 24.8. The van der Waals surface area contributed by atoms with E-state index in [1.165, 1.54) is 44.1 Å². The molecule has 0 radical (unpaired) electrons. The van der Waals surface area contributed by atoms with Crippen LogP contribution in [0.15, 0.2) is 12.2 Å². The van der Waals surface area contributed by atoms with Crippen LogP contribution in [0.1, 0.15) is 80.5 Å². The topological polar surface area (TPSA) is 29.5 Å². The molecule has 0 spiro atoms. The molecule has 0 bridgehead atoms. The molecule has 1 fully saturated rings. The minimum absolute atomic E-state index is 0.130. The van der Waals surface area contributed by atoms with Gasteiger partial charge in [-0.2, -0.15) is 0 Å². The van der Waals surface area contributed by atoms with Crippen molar-refractivity contribution in [3.05, 3.63) is 34.4 Å². The average Bonchev–Trinajstić information content (AvgIpc) is 2.87. The van der Waals surface area contributed by atoms with Gasteiger partial charge in [0.15, 0.2) is 0 Å². The van der Waals surface area contributed by atoms with E-state index in [9.17, 15) is 5.11 Å². The summed E-state index contributed by atoms with van der Waals surface area (Å²) in [5.74, 6) is 2.23. The molecule has 1 aromatic carbocycles. The molecule has 1 aromatic rings. The van der Waals surface area contributed by atoms with Crippen molar-refractivity contribution in [1.29, 1.82) is 0 Å². The van der Waals surface area contributed by atoms with Gasteiger partial charge in [0.2, 0.25) is 0 Å². The average molecular weight is 343 g/mol. The molecule has 1 heterocycles. The van der Waals surface area contributed by atoms with Crippen molar-refractivity contribution in [3.8, 4) is 11.5 Å². The van der Waals surface area contributed by atoms with E-state index in [-0.39, 0.29) is 5.60 Å². The molecule has 1 saturated carbocycles. The van der Waals surface area contributed by atoms with Crippen LogP contribution in [0.5, 0.6) is 11.5 Å². The number of allylic oxidation sites excluding steroid dienone is 1. The first-order valence-corrected chi connectivity index (χ1v) is 10.1. The van der Waals surface area contributed by atoms with Crippen LogP contribution in [0.25, 0.3) is 0 Å². The molecule has 1 N–H and O–H groups in total. The molecule has 2 nitrogen and oxygen atoms in total. The molecule has 138 valence electrons. The van der Waals surface area contributed by atoms with E-state index in [0.717, 1.165) is 47.6 Å². The molecule has 25 heavy (non-hydrogen) atoms. The monoisotopic (exact) mass is 342 g/mol. The van der Waals surface area contributed by atoms with Crippen LogP contribution >= 0.6 is 0 Å². The Labute approximate surface area is 153 Å². The lowest BCUT2D eigenvalue weighted by Crippen LogP contribution is -2.36. The van der Waals surface area contributed by atoms with E-state index in [4.69, 9.17) is 4.74 Å². The van der Waals surface area contributed by atoms with Gasteiger partial charge in [-0.25, -0.2) is 0 Å². The largest absolute Gasteiger partial charge is 0.507 e. The molecule has 1 aliphatic carbocycles. The van der Waals surface area contributed by atoms with E-state index in [0.29, 0.717) is 5.75 Å². The number of aromatic hydroxyl groups is 1. The first-order chi connectivity index (χ1) is 11.9. The summed E-state index contributed by atoms with van der Waals surface area (Å²) >= 11 is 0. The fourth-order valence-corrected chi connectivity index (χ4v) is 4.45. The fraction of sp³-hybridized carbons (Fsp3) is 0.652. The summed E-state index contributed by atoms with van der Waals surface area (Å²) in [6.45, 7) is 8.31. The van der Waals surface area contributed by atoms with E-state index in [2.05, 4.69) is 26.0 Å². The zero-order chi connectivity index (χ0) is 18.0. The number of fused-ring (bicyclic) bond motifs is 1. The van der Waals surface area contributed by atoms with Gasteiger partial charge in [-0.1, -0.05) is 37.8 Å². The Morgan fingerprint density at radius 2 is 1.72 bits per heavy atom. The lowest BCUT2D eigenvalue weighted by atomic mass is 9.85. The molecule has 0 saturated heterocycles. The zero-order valence-corrected chi connectivity index (χ0v) is 16.5. The van der Waals surface area contributed by atoms with E-state index in [1.54, 1.807) is 0 Å². The van der Waals surface area contributed by atoms with E-state index < -0.39 is 0 Å². The van der Waals surface area contributed by atoms with E-state index in [1.807, 2.05) is 13.8 Å². The summed E-state index contributed by atoms with van der Waals surface area (Å²) in [7, 11) is 0. The highest BCUT2D eigenvalue weighted by Gasteiger charge is 2.33. The summed E-state index contributed by atoms with van der Waals surface area (Å²) < 4.78 is 6.52. The summed E-state index contributed by atoms with van der Waals surface area (Å²) in [6.07, 6.45) is 16.1. The smallest absolute Gasteiger partial charge is 0.127 e. The predicted molar refractivity (Wildman–Crippen MR) is 105 cm³/mol. The van der Waals surface area contributed by atoms with Gasteiger partial charge >= 0.3 is 0 Å². The van der Waals surface area contributed by atoms with Crippen LogP contribution < -0.4 is 4.74 Å². The van der Waals surface area contributed by atoms with Gasteiger partial charge in [-0.3, -0.25) is 0 Å². The Balaban J connectivity index is 1.72. The lowest BCUT2D eigenvalue weighted by Gasteiger charge is -2.37. The van der Waals surface area contributed by atoms with Crippen molar-refractivity contribution < 1.29 is 9.84 Å². The van der Waals surface area contributed by atoms with Crippen molar-refractivity contribution in [2.75, 3.05) is 0 Å². The highest BCUT2D eigenvalue weighted by molar-refractivity contribution is 5.58. The third-order valence-electron chi connectivity index (χ3n) is 6.45. The molecular weight excluding hydrogens is 308 g/mol. The first kappa shape index (κ1) is 18.4. The quantitative estimate of drug-likeness (QED) is 0.514. The van der Waals surface area contributed by atoms with Crippen molar-refractivity contribution in [2.45, 2.75) is 91.1 Å². The molecule has 1 atom stereocenters. The molecular formula is C23H34O2. The second kappa shape index (κ2) is 7.43. The summed E-state index contributed by atoms with van der Waals surface area (Å²) in [6, 6.07) is 0.